The molecule has 1 amide bonds. The monoisotopic (exact) mass is 944 g/mol. The summed E-state index contributed by atoms with van der Waals surface area (Å²) in [6, 6.07) is -0.627. The lowest BCUT2D eigenvalue weighted by molar-refractivity contribution is -0.143. The van der Waals surface area contributed by atoms with E-state index in [4.69, 9.17) is 4.74 Å². The first-order valence-electron chi connectivity index (χ1n) is 30.1. The van der Waals surface area contributed by atoms with E-state index in [1.54, 1.807) is 6.08 Å². The van der Waals surface area contributed by atoms with Crippen LogP contribution in [-0.4, -0.2) is 47.4 Å². The Kier molecular flexibility index (Phi) is 55.5. The molecule has 0 radical (unpaired) electrons. The highest BCUT2D eigenvalue weighted by atomic mass is 16.5. The van der Waals surface area contributed by atoms with Crippen molar-refractivity contribution in [2.45, 2.75) is 341 Å². The first-order valence-corrected chi connectivity index (χ1v) is 30.1. The van der Waals surface area contributed by atoms with Crippen molar-refractivity contribution >= 4 is 11.9 Å². The number of allylic oxidation sites excluding steroid dienone is 3. The van der Waals surface area contributed by atoms with Gasteiger partial charge in [-0.05, 0) is 57.8 Å². The highest BCUT2D eigenvalue weighted by molar-refractivity contribution is 5.76. The Morgan fingerprint density at radius 3 is 1.06 bits per heavy atom. The van der Waals surface area contributed by atoms with Gasteiger partial charge < -0.3 is 20.3 Å². The molecule has 0 aromatic heterocycles. The van der Waals surface area contributed by atoms with Crippen molar-refractivity contribution in [1.82, 2.24) is 5.32 Å². The quantitative estimate of drug-likeness (QED) is 0.0321. The molecule has 6 heteroatoms. The predicted molar refractivity (Wildman–Crippen MR) is 292 cm³/mol. The highest BCUT2D eigenvalue weighted by Crippen LogP contribution is 2.17. The van der Waals surface area contributed by atoms with E-state index in [1.807, 2.05) is 6.08 Å². The van der Waals surface area contributed by atoms with E-state index >= 15 is 0 Å². The number of unbranched alkanes of at least 4 members (excludes halogenated alkanes) is 43. The Hall–Kier alpha value is -1.66. The molecule has 0 aliphatic carbocycles. The van der Waals surface area contributed by atoms with Crippen LogP contribution in [0.2, 0.25) is 0 Å². The molecular weight excluding hydrogens is 827 g/mol. The van der Waals surface area contributed by atoms with Crippen LogP contribution in [0, 0.1) is 0 Å². The van der Waals surface area contributed by atoms with Crippen LogP contribution in [0.25, 0.3) is 0 Å². The topological polar surface area (TPSA) is 95.9 Å². The van der Waals surface area contributed by atoms with E-state index in [9.17, 15) is 19.8 Å². The Morgan fingerprint density at radius 1 is 0.403 bits per heavy atom. The van der Waals surface area contributed by atoms with Crippen LogP contribution in [0.15, 0.2) is 24.3 Å². The second kappa shape index (κ2) is 56.9. The lowest BCUT2D eigenvalue weighted by Crippen LogP contribution is -2.45. The number of amides is 1. The summed E-state index contributed by atoms with van der Waals surface area (Å²) in [6.07, 6.45) is 69.4. The zero-order valence-electron chi connectivity index (χ0n) is 45.1. The Bertz CT molecular complexity index is 1040. The van der Waals surface area contributed by atoms with Crippen molar-refractivity contribution in [3.63, 3.8) is 0 Å². The van der Waals surface area contributed by atoms with Crippen LogP contribution in [0.5, 0.6) is 0 Å². The van der Waals surface area contributed by atoms with Gasteiger partial charge in [-0.2, -0.15) is 0 Å². The molecule has 2 unspecified atom stereocenters. The largest absolute Gasteiger partial charge is 0.466 e. The molecule has 0 saturated carbocycles. The number of aliphatic hydroxyl groups is 2. The van der Waals surface area contributed by atoms with E-state index in [0.29, 0.717) is 19.4 Å². The van der Waals surface area contributed by atoms with Crippen molar-refractivity contribution in [2.24, 2.45) is 0 Å². The summed E-state index contributed by atoms with van der Waals surface area (Å²) in [5.74, 6) is -0.0542. The molecule has 3 N–H and O–H groups in total. The van der Waals surface area contributed by atoms with Crippen molar-refractivity contribution < 1.29 is 24.5 Å². The Balaban J connectivity index is 3.39. The maximum atomic E-state index is 12.4. The molecule has 0 aliphatic heterocycles. The Labute approximate surface area is 418 Å². The van der Waals surface area contributed by atoms with Crippen molar-refractivity contribution in [3.8, 4) is 0 Å². The third-order valence-corrected chi connectivity index (χ3v) is 14.0. The lowest BCUT2D eigenvalue weighted by Gasteiger charge is -2.20. The van der Waals surface area contributed by atoms with Crippen molar-refractivity contribution in [2.75, 3.05) is 13.2 Å². The minimum atomic E-state index is -0.843. The third-order valence-electron chi connectivity index (χ3n) is 14.0. The van der Waals surface area contributed by atoms with Gasteiger partial charge >= 0.3 is 5.97 Å². The fraction of sp³-hybridized carbons (Fsp3) is 0.902. The van der Waals surface area contributed by atoms with Crippen LogP contribution in [0.4, 0.5) is 0 Å². The van der Waals surface area contributed by atoms with Gasteiger partial charge in [0.15, 0.2) is 0 Å². The molecule has 0 saturated heterocycles. The van der Waals surface area contributed by atoms with E-state index in [1.165, 1.54) is 263 Å². The molecule has 6 nitrogen and oxygen atoms in total. The van der Waals surface area contributed by atoms with Gasteiger partial charge in [0.2, 0.25) is 5.91 Å². The van der Waals surface area contributed by atoms with E-state index in [0.717, 1.165) is 38.5 Å². The van der Waals surface area contributed by atoms with Crippen LogP contribution in [0.1, 0.15) is 328 Å². The number of carbonyl (C=O) groups is 2. The Morgan fingerprint density at radius 2 is 0.701 bits per heavy atom. The van der Waals surface area contributed by atoms with E-state index in [-0.39, 0.29) is 18.5 Å². The molecule has 396 valence electrons. The number of aliphatic hydroxyl groups excluding tert-OH is 2. The molecule has 0 aromatic carbocycles. The first-order chi connectivity index (χ1) is 33.0. The molecule has 0 aromatic rings. The smallest absolute Gasteiger partial charge is 0.305 e. The van der Waals surface area contributed by atoms with Crippen LogP contribution < -0.4 is 5.32 Å². The van der Waals surface area contributed by atoms with Gasteiger partial charge in [0, 0.05) is 12.8 Å². The molecule has 2 atom stereocenters. The first kappa shape index (κ1) is 65.3. The zero-order valence-corrected chi connectivity index (χ0v) is 45.1. The molecule has 67 heavy (non-hydrogen) atoms. The molecule has 0 fully saturated rings. The van der Waals surface area contributed by atoms with Crippen molar-refractivity contribution in [3.05, 3.63) is 24.3 Å². The summed E-state index contributed by atoms with van der Waals surface area (Å²) in [6.45, 7) is 4.90. The average Bonchev–Trinajstić information content (AvgIpc) is 3.33. The summed E-state index contributed by atoms with van der Waals surface area (Å²) in [7, 11) is 0. The van der Waals surface area contributed by atoms with Gasteiger partial charge in [-0.1, -0.05) is 282 Å². The maximum absolute atomic E-state index is 12.4. The SMILES string of the molecule is CCCCCCCCCCCC/C=C/C(O)C(CO)NC(=O)CCCCCCCCCCCCC/C=C\CCCCCCCCCCCCCCOC(=O)CCCCCCCCCCCCC. The molecule has 0 aliphatic rings. The fourth-order valence-corrected chi connectivity index (χ4v) is 9.34. The van der Waals surface area contributed by atoms with Crippen molar-refractivity contribution in [1.29, 1.82) is 0 Å². The second-order valence-electron chi connectivity index (χ2n) is 20.7. The third kappa shape index (κ3) is 53.5. The van der Waals surface area contributed by atoms with Gasteiger partial charge in [-0.25, -0.2) is 0 Å². The number of rotatable bonds is 56. The summed E-state index contributed by atoms with van der Waals surface area (Å²) < 4.78 is 5.47. The molecule has 0 rings (SSSR count). The number of esters is 1. The number of ether oxygens (including phenoxy) is 1. The lowest BCUT2D eigenvalue weighted by atomic mass is 10.0. The van der Waals surface area contributed by atoms with Gasteiger partial charge in [-0.15, -0.1) is 0 Å². The van der Waals surface area contributed by atoms with E-state index < -0.39 is 12.1 Å². The van der Waals surface area contributed by atoms with Gasteiger partial charge in [-0.3, -0.25) is 9.59 Å². The number of nitrogens with one attached hydrogen (secondary N) is 1. The molecule has 0 spiro atoms. The second-order valence-corrected chi connectivity index (χ2v) is 20.7. The minimum Gasteiger partial charge on any atom is -0.466 e. The van der Waals surface area contributed by atoms with Gasteiger partial charge in [0.1, 0.15) is 0 Å². The number of carbonyl (C=O) groups excluding carboxylic acids is 2. The highest BCUT2D eigenvalue weighted by Gasteiger charge is 2.18. The molecule has 0 heterocycles. The van der Waals surface area contributed by atoms with Gasteiger partial charge in [0.05, 0.1) is 25.4 Å². The van der Waals surface area contributed by atoms with Crippen LogP contribution >= 0.6 is 0 Å². The normalized spacial score (nSPS) is 12.7. The maximum Gasteiger partial charge on any atom is 0.305 e. The predicted octanol–water partition coefficient (Wildman–Crippen LogP) is 18.6. The fourth-order valence-electron chi connectivity index (χ4n) is 9.34. The summed E-state index contributed by atoms with van der Waals surface area (Å²) in [5.41, 5.74) is 0. The van der Waals surface area contributed by atoms with Crippen LogP contribution in [-0.2, 0) is 14.3 Å². The minimum absolute atomic E-state index is 0.0144. The molecule has 0 bridgehead atoms. The summed E-state index contributed by atoms with van der Waals surface area (Å²) in [4.78, 5) is 24.4. The summed E-state index contributed by atoms with van der Waals surface area (Å²) >= 11 is 0. The zero-order chi connectivity index (χ0) is 48.6. The van der Waals surface area contributed by atoms with Crippen LogP contribution in [0.3, 0.4) is 0 Å². The standard InChI is InChI=1S/C61H117NO5/c1-3-5-7-9-11-13-15-34-37-41-45-49-53-59(64)58(57-63)62-60(65)54-50-46-42-38-35-31-29-27-25-23-21-19-17-16-18-20-22-24-26-28-30-32-36-40-44-48-52-56-67-61(66)55-51-47-43-39-33-14-12-10-8-6-4-2/h16-17,49,53,58-59,63-64H,3-15,18-48,50-52,54-57H2,1-2H3,(H,62,65)/b17-16-,53-49+. The number of hydrogen-bond donors (Lipinski definition) is 3. The van der Waals surface area contributed by atoms with Gasteiger partial charge in [0.25, 0.3) is 0 Å². The molecular formula is C61H117NO5. The van der Waals surface area contributed by atoms with E-state index in [2.05, 4.69) is 31.3 Å². The average molecular weight is 945 g/mol. The number of hydrogen-bond acceptors (Lipinski definition) is 5. The summed E-state index contributed by atoms with van der Waals surface area (Å²) in [5, 5.41) is 23.0.